The van der Waals surface area contributed by atoms with Crippen molar-refractivity contribution in [2.45, 2.75) is 51.8 Å². The molecule has 1 aromatic carbocycles. The molecule has 7 nitrogen and oxygen atoms in total. The molecule has 0 spiro atoms. The van der Waals surface area contributed by atoms with Gasteiger partial charge in [-0.15, -0.1) is 11.3 Å². The molecule has 1 aliphatic rings. The number of thiophene rings is 1. The normalized spacial score (nSPS) is 16.0. The molecule has 1 unspecified atom stereocenters. The zero-order valence-corrected chi connectivity index (χ0v) is 20.4. The lowest BCUT2D eigenvalue weighted by Gasteiger charge is -2.31. The minimum Gasteiger partial charge on any atom is -0.377 e. The van der Waals surface area contributed by atoms with E-state index in [1.165, 1.54) is 11.3 Å². The molecule has 1 atom stereocenters. The second kappa shape index (κ2) is 10.4. The quantitative estimate of drug-likeness (QED) is 0.638. The van der Waals surface area contributed by atoms with Crippen LogP contribution in [0.4, 0.5) is 16.2 Å². The van der Waals surface area contributed by atoms with Crippen molar-refractivity contribution in [2.24, 2.45) is 0 Å². The van der Waals surface area contributed by atoms with Crippen molar-refractivity contribution >= 4 is 34.6 Å². The summed E-state index contributed by atoms with van der Waals surface area (Å²) in [6.07, 6.45) is 2.02. The zero-order chi connectivity index (χ0) is 23.3. The van der Waals surface area contributed by atoms with Crippen LogP contribution in [0, 0.1) is 0 Å². The molecule has 2 heterocycles. The molecule has 2 aromatic rings. The average Bonchev–Trinajstić information content (AvgIpc) is 3.40. The number of benzene rings is 1. The fraction of sp³-hybridized carbons (Fsp3) is 0.500. The van der Waals surface area contributed by atoms with Crippen molar-refractivity contribution in [3.63, 3.8) is 0 Å². The average molecular weight is 459 g/mol. The molecule has 32 heavy (non-hydrogen) atoms. The summed E-state index contributed by atoms with van der Waals surface area (Å²) < 4.78 is 5.81. The van der Waals surface area contributed by atoms with Crippen LogP contribution in [-0.2, 0) is 11.3 Å². The van der Waals surface area contributed by atoms with E-state index in [-0.39, 0.29) is 23.6 Å². The standard InChI is InChI=1S/C24H34N4O3S/c1-24(2,3)26-23(30)28(16-19-8-6-12-31-19)15-17-14-18(10-11-20(17)27(4)5)25-22(29)21-9-7-13-32-21/h7,9-11,13-14,19H,6,8,12,15-16H2,1-5H3,(H,25,29)(H,26,30). The summed E-state index contributed by atoms with van der Waals surface area (Å²) in [7, 11) is 3.95. The van der Waals surface area contributed by atoms with Gasteiger partial charge in [0.15, 0.2) is 0 Å². The van der Waals surface area contributed by atoms with Gasteiger partial charge in [-0.25, -0.2) is 4.79 Å². The van der Waals surface area contributed by atoms with Crippen LogP contribution >= 0.6 is 11.3 Å². The van der Waals surface area contributed by atoms with Crippen molar-refractivity contribution in [3.8, 4) is 0 Å². The largest absolute Gasteiger partial charge is 0.377 e. The Kier molecular flexibility index (Phi) is 7.79. The van der Waals surface area contributed by atoms with Crippen LogP contribution in [0.1, 0.15) is 48.8 Å². The molecule has 1 fully saturated rings. The highest BCUT2D eigenvalue weighted by atomic mass is 32.1. The fourth-order valence-electron chi connectivity index (χ4n) is 3.69. The molecule has 0 radical (unpaired) electrons. The molecule has 1 aliphatic heterocycles. The SMILES string of the molecule is CN(C)c1ccc(NC(=O)c2cccs2)cc1CN(CC1CCCO1)C(=O)NC(C)(C)C. The van der Waals surface area contributed by atoms with Crippen molar-refractivity contribution < 1.29 is 14.3 Å². The van der Waals surface area contributed by atoms with E-state index >= 15 is 0 Å². The van der Waals surface area contributed by atoms with Crippen LogP contribution in [0.25, 0.3) is 0 Å². The number of hydrogen-bond acceptors (Lipinski definition) is 5. The number of carbonyl (C=O) groups is 2. The second-order valence-corrected chi connectivity index (χ2v) is 10.3. The number of nitrogens with one attached hydrogen (secondary N) is 2. The first-order valence-corrected chi connectivity index (χ1v) is 11.8. The Balaban J connectivity index is 1.84. The monoisotopic (exact) mass is 458 g/mol. The van der Waals surface area contributed by atoms with Gasteiger partial charge in [0.2, 0.25) is 0 Å². The Morgan fingerprint density at radius 3 is 2.59 bits per heavy atom. The van der Waals surface area contributed by atoms with Crippen LogP contribution < -0.4 is 15.5 Å². The van der Waals surface area contributed by atoms with E-state index in [1.807, 2.05) is 74.3 Å². The number of anilines is 2. The maximum Gasteiger partial charge on any atom is 0.318 e. The lowest BCUT2D eigenvalue weighted by atomic mass is 10.1. The highest BCUT2D eigenvalue weighted by Gasteiger charge is 2.26. The predicted octanol–water partition coefficient (Wildman–Crippen LogP) is 4.56. The van der Waals surface area contributed by atoms with Gasteiger partial charge in [-0.3, -0.25) is 4.79 Å². The van der Waals surface area contributed by atoms with Crippen LogP contribution in [0.5, 0.6) is 0 Å². The Morgan fingerprint density at radius 1 is 1.22 bits per heavy atom. The summed E-state index contributed by atoms with van der Waals surface area (Å²) in [6, 6.07) is 9.36. The Bertz CT molecular complexity index is 916. The van der Waals surface area contributed by atoms with E-state index in [0.29, 0.717) is 23.7 Å². The van der Waals surface area contributed by atoms with Crippen molar-refractivity contribution in [1.82, 2.24) is 10.2 Å². The molecule has 8 heteroatoms. The van der Waals surface area contributed by atoms with Gasteiger partial charge in [-0.2, -0.15) is 0 Å². The topological polar surface area (TPSA) is 73.9 Å². The van der Waals surface area contributed by atoms with Gasteiger partial charge in [0.25, 0.3) is 5.91 Å². The van der Waals surface area contributed by atoms with E-state index in [9.17, 15) is 9.59 Å². The number of ether oxygens (including phenoxy) is 1. The Morgan fingerprint density at radius 2 is 2.00 bits per heavy atom. The molecule has 1 saturated heterocycles. The van der Waals surface area contributed by atoms with E-state index in [2.05, 4.69) is 10.6 Å². The number of carbonyl (C=O) groups excluding carboxylic acids is 2. The number of rotatable bonds is 7. The van der Waals surface area contributed by atoms with Gasteiger partial charge in [0, 0.05) is 50.7 Å². The van der Waals surface area contributed by atoms with Crippen LogP contribution in [0.15, 0.2) is 35.7 Å². The molecular formula is C24H34N4O3S. The lowest BCUT2D eigenvalue weighted by Crippen LogP contribution is -2.50. The van der Waals surface area contributed by atoms with Gasteiger partial charge in [0.05, 0.1) is 11.0 Å². The summed E-state index contributed by atoms with van der Waals surface area (Å²) in [6.45, 7) is 7.61. The summed E-state index contributed by atoms with van der Waals surface area (Å²) in [5.41, 5.74) is 2.32. The van der Waals surface area contributed by atoms with Crippen LogP contribution in [-0.4, -0.2) is 55.7 Å². The molecule has 2 N–H and O–H groups in total. The van der Waals surface area contributed by atoms with Crippen molar-refractivity contribution in [1.29, 1.82) is 0 Å². The zero-order valence-electron chi connectivity index (χ0n) is 19.6. The van der Waals surface area contributed by atoms with Gasteiger partial charge in [-0.05, 0) is 68.8 Å². The third-order valence-corrected chi connectivity index (χ3v) is 6.01. The molecular weight excluding hydrogens is 424 g/mol. The van der Waals surface area contributed by atoms with Gasteiger partial charge in [0.1, 0.15) is 0 Å². The number of amides is 3. The Labute approximate surface area is 194 Å². The van der Waals surface area contributed by atoms with E-state index < -0.39 is 0 Å². The second-order valence-electron chi connectivity index (χ2n) is 9.37. The van der Waals surface area contributed by atoms with E-state index in [4.69, 9.17) is 4.74 Å². The van der Waals surface area contributed by atoms with Gasteiger partial charge in [-0.1, -0.05) is 6.07 Å². The Hall–Kier alpha value is -2.58. The molecule has 3 amide bonds. The molecule has 174 valence electrons. The maximum absolute atomic E-state index is 13.1. The highest BCUT2D eigenvalue weighted by molar-refractivity contribution is 7.12. The maximum atomic E-state index is 13.1. The summed E-state index contributed by atoms with van der Waals surface area (Å²) >= 11 is 1.40. The number of hydrogen-bond donors (Lipinski definition) is 2. The molecule has 3 rings (SSSR count). The number of nitrogens with zero attached hydrogens (tertiary/aromatic N) is 2. The van der Waals surface area contributed by atoms with Gasteiger partial charge < -0.3 is 25.2 Å². The van der Waals surface area contributed by atoms with Crippen LogP contribution in [0.2, 0.25) is 0 Å². The predicted molar refractivity (Wildman–Crippen MR) is 131 cm³/mol. The first-order chi connectivity index (χ1) is 15.1. The molecule has 0 bridgehead atoms. The van der Waals surface area contributed by atoms with Crippen molar-refractivity contribution in [2.75, 3.05) is 37.5 Å². The summed E-state index contributed by atoms with van der Waals surface area (Å²) in [5, 5.41) is 7.93. The minimum atomic E-state index is -0.341. The minimum absolute atomic E-state index is 0.0465. The van der Waals surface area contributed by atoms with Crippen molar-refractivity contribution in [3.05, 3.63) is 46.2 Å². The first-order valence-electron chi connectivity index (χ1n) is 11.0. The molecule has 1 aromatic heterocycles. The fourth-order valence-corrected chi connectivity index (χ4v) is 4.30. The summed E-state index contributed by atoms with van der Waals surface area (Å²) in [5.74, 6) is -0.134. The van der Waals surface area contributed by atoms with E-state index in [1.54, 1.807) is 6.07 Å². The first kappa shape index (κ1) is 24.1. The smallest absolute Gasteiger partial charge is 0.318 e. The highest BCUT2D eigenvalue weighted by Crippen LogP contribution is 2.26. The molecule has 0 aliphatic carbocycles. The van der Waals surface area contributed by atoms with Gasteiger partial charge >= 0.3 is 6.03 Å². The lowest BCUT2D eigenvalue weighted by molar-refractivity contribution is 0.0782. The van der Waals surface area contributed by atoms with E-state index in [0.717, 1.165) is 30.7 Å². The third kappa shape index (κ3) is 6.71. The number of urea groups is 1. The van der Waals surface area contributed by atoms with Crippen LogP contribution in [0.3, 0.4) is 0 Å². The third-order valence-electron chi connectivity index (χ3n) is 5.14. The molecule has 0 saturated carbocycles. The summed E-state index contributed by atoms with van der Waals surface area (Å²) in [4.78, 5) is 30.1.